The molecule has 112 valence electrons. The van der Waals surface area contributed by atoms with Gasteiger partial charge in [0.15, 0.2) is 0 Å². The molecule has 2 fully saturated rings. The molecule has 0 spiro atoms. The summed E-state index contributed by atoms with van der Waals surface area (Å²) in [7, 11) is 4.17. The Hall–Kier alpha value is -0.160. The average Bonchev–Trinajstić information content (AvgIpc) is 3.17. The lowest BCUT2D eigenvalue weighted by Crippen LogP contribution is -2.63. The highest BCUT2D eigenvalue weighted by atomic mass is 16.5. The van der Waals surface area contributed by atoms with Crippen LogP contribution in [0.25, 0.3) is 0 Å². The molecule has 19 heavy (non-hydrogen) atoms. The number of ether oxygens (including phenoxy) is 1. The first-order valence-corrected chi connectivity index (χ1v) is 7.73. The van der Waals surface area contributed by atoms with Crippen molar-refractivity contribution in [3.05, 3.63) is 0 Å². The van der Waals surface area contributed by atoms with Crippen molar-refractivity contribution in [3.63, 3.8) is 0 Å². The van der Waals surface area contributed by atoms with E-state index in [9.17, 15) is 0 Å². The second-order valence-electron chi connectivity index (χ2n) is 6.81. The number of hydrogen-bond donors (Lipinski definition) is 1. The summed E-state index contributed by atoms with van der Waals surface area (Å²) in [5.74, 6) is 0.900. The molecule has 1 aliphatic heterocycles. The van der Waals surface area contributed by atoms with E-state index in [0.29, 0.717) is 11.6 Å². The van der Waals surface area contributed by atoms with Crippen LogP contribution < -0.4 is 5.32 Å². The summed E-state index contributed by atoms with van der Waals surface area (Å²) in [5, 5.41) is 3.76. The number of nitrogens with zero attached hydrogens (tertiary/aromatic N) is 2. The molecule has 0 aromatic heterocycles. The average molecular weight is 269 g/mol. The monoisotopic (exact) mass is 269 g/mol. The molecule has 0 aromatic carbocycles. The quantitative estimate of drug-likeness (QED) is 0.699. The molecule has 0 radical (unpaired) electrons. The fourth-order valence-electron chi connectivity index (χ4n) is 2.97. The molecule has 1 heterocycles. The van der Waals surface area contributed by atoms with Crippen LogP contribution in [0.3, 0.4) is 0 Å². The van der Waals surface area contributed by atoms with Crippen molar-refractivity contribution in [2.75, 3.05) is 53.5 Å². The second kappa shape index (κ2) is 6.53. The van der Waals surface area contributed by atoms with Gasteiger partial charge in [-0.3, -0.25) is 4.90 Å². The minimum Gasteiger partial charge on any atom is -0.379 e. The summed E-state index contributed by atoms with van der Waals surface area (Å²) < 4.78 is 5.74. The van der Waals surface area contributed by atoms with Crippen LogP contribution in [0.2, 0.25) is 0 Å². The van der Waals surface area contributed by atoms with Crippen LogP contribution in [0.1, 0.15) is 26.7 Å². The van der Waals surface area contributed by atoms with Crippen molar-refractivity contribution in [3.8, 4) is 0 Å². The third-order valence-electron chi connectivity index (χ3n) is 4.64. The minimum atomic E-state index is 0.343. The van der Waals surface area contributed by atoms with E-state index in [1.54, 1.807) is 0 Å². The predicted molar refractivity (Wildman–Crippen MR) is 79.5 cm³/mol. The molecule has 2 unspecified atom stereocenters. The molecule has 0 amide bonds. The highest BCUT2D eigenvalue weighted by Gasteiger charge is 2.45. The minimum absolute atomic E-state index is 0.343. The molecule has 1 N–H and O–H groups in total. The molecule has 0 aromatic rings. The van der Waals surface area contributed by atoms with Crippen molar-refractivity contribution in [1.82, 2.24) is 15.1 Å². The van der Waals surface area contributed by atoms with Crippen LogP contribution in [0.15, 0.2) is 0 Å². The Bertz CT molecular complexity index is 281. The van der Waals surface area contributed by atoms with Gasteiger partial charge in [-0.15, -0.1) is 0 Å². The number of hydrogen-bond acceptors (Lipinski definition) is 4. The highest BCUT2D eigenvalue weighted by Crippen LogP contribution is 2.41. The molecular weight excluding hydrogens is 238 g/mol. The summed E-state index contributed by atoms with van der Waals surface area (Å²) in [4.78, 5) is 4.77. The van der Waals surface area contributed by atoms with E-state index >= 15 is 0 Å². The second-order valence-corrected chi connectivity index (χ2v) is 6.81. The van der Waals surface area contributed by atoms with Crippen LogP contribution in [0.4, 0.5) is 0 Å². The Balaban J connectivity index is 1.69. The number of nitrogens with one attached hydrogen (secondary N) is 1. The SMILES string of the molecule is CC1CNC(C)(C2CC2)CN1CCOCCN(C)C. The zero-order valence-corrected chi connectivity index (χ0v) is 13.1. The first-order valence-electron chi connectivity index (χ1n) is 7.73. The fourth-order valence-corrected chi connectivity index (χ4v) is 2.97. The van der Waals surface area contributed by atoms with E-state index in [2.05, 4.69) is 43.1 Å². The Morgan fingerprint density at radius 3 is 2.68 bits per heavy atom. The van der Waals surface area contributed by atoms with Gasteiger partial charge in [0.25, 0.3) is 0 Å². The maximum atomic E-state index is 5.74. The van der Waals surface area contributed by atoms with Gasteiger partial charge in [-0.25, -0.2) is 0 Å². The lowest BCUT2D eigenvalue weighted by molar-refractivity contribution is 0.0409. The summed E-state index contributed by atoms with van der Waals surface area (Å²) in [5.41, 5.74) is 0.343. The summed E-state index contributed by atoms with van der Waals surface area (Å²) in [6.45, 7) is 10.8. The van der Waals surface area contributed by atoms with Crippen molar-refractivity contribution in [2.45, 2.75) is 38.3 Å². The number of likely N-dealkylation sites (N-methyl/N-ethyl adjacent to an activating group) is 1. The van der Waals surface area contributed by atoms with E-state index in [0.717, 1.165) is 38.8 Å². The Kier molecular flexibility index (Phi) is 5.23. The third kappa shape index (κ3) is 4.42. The van der Waals surface area contributed by atoms with Crippen molar-refractivity contribution in [1.29, 1.82) is 0 Å². The van der Waals surface area contributed by atoms with Crippen LogP contribution in [-0.2, 0) is 4.74 Å². The first-order chi connectivity index (χ1) is 9.01. The molecule has 2 rings (SSSR count). The Morgan fingerprint density at radius 1 is 1.32 bits per heavy atom. The van der Waals surface area contributed by atoms with Gasteiger partial charge in [0.2, 0.25) is 0 Å². The molecule has 2 atom stereocenters. The van der Waals surface area contributed by atoms with Crippen LogP contribution in [-0.4, -0.2) is 74.9 Å². The zero-order valence-electron chi connectivity index (χ0n) is 13.1. The van der Waals surface area contributed by atoms with E-state index in [1.165, 1.54) is 19.4 Å². The largest absolute Gasteiger partial charge is 0.379 e. The normalized spacial score (nSPS) is 33.0. The molecule has 1 aliphatic carbocycles. The fraction of sp³-hybridized carbons (Fsp3) is 1.00. The number of piperazine rings is 1. The Labute approximate surface area is 118 Å². The van der Waals surface area contributed by atoms with Crippen molar-refractivity contribution >= 4 is 0 Å². The summed E-state index contributed by atoms with van der Waals surface area (Å²) >= 11 is 0. The highest BCUT2D eigenvalue weighted by molar-refractivity contribution is 5.03. The van der Waals surface area contributed by atoms with E-state index < -0.39 is 0 Å². The van der Waals surface area contributed by atoms with Gasteiger partial charge in [0.05, 0.1) is 13.2 Å². The number of rotatable bonds is 7. The lowest BCUT2D eigenvalue weighted by atomic mass is 9.91. The van der Waals surface area contributed by atoms with E-state index in [-0.39, 0.29) is 0 Å². The predicted octanol–water partition coefficient (Wildman–Crippen LogP) is 1.03. The van der Waals surface area contributed by atoms with Gasteiger partial charge >= 0.3 is 0 Å². The van der Waals surface area contributed by atoms with Crippen LogP contribution >= 0.6 is 0 Å². The molecular formula is C15H31N3O. The lowest BCUT2D eigenvalue weighted by Gasteiger charge is -2.45. The van der Waals surface area contributed by atoms with Gasteiger partial charge in [-0.2, -0.15) is 0 Å². The van der Waals surface area contributed by atoms with E-state index in [4.69, 9.17) is 4.74 Å². The van der Waals surface area contributed by atoms with Gasteiger partial charge < -0.3 is 15.0 Å². The van der Waals surface area contributed by atoms with Crippen molar-refractivity contribution in [2.24, 2.45) is 5.92 Å². The van der Waals surface area contributed by atoms with Crippen LogP contribution in [0, 0.1) is 5.92 Å². The standard InChI is InChI=1S/C15H31N3O/c1-13-11-16-15(2,14-5-6-14)12-18(13)8-10-19-9-7-17(3)4/h13-14,16H,5-12H2,1-4H3. The summed E-state index contributed by atoms with van der Waals surface area (Å²) in [6.07, 6.45) is 2.82. The first kappa shape index (κ1) is 15.2. The molecule has 1 saturated carbocycles. The smallest absolute Gasteiger partial charge is 0.0594 e. The molecule has 4 nitrogen and oxygen atoms in total. The molecule has 2 aliphatic rings. The molecule has 4 heteroatoms. The van der Waals surface area contributed by atoms with Gasteiger partial charge in [-0.1, -0.05) is 0 Å². The maximum absolute atomic E-state index is 5.74. The molecule has 1 saturated heterocycles. The maximum Gasteiger partial charge on any atom is 0.0594 e. The Morgan fingerprint density at radius 2 is 2.05 bits per heavy atom. The zero-order chi connectivity index (χ0) is 13.9. The van der Waals surface area contributed by atoms with Crippen molar-refractivity contribution < 1.29 is 4.74 Å². The van der Waals surface area contributed by atoms with Gasteiger partial charge in [0.1, 0.15) is 0 Å². The molecule has 0 bridgehead atoms. The van der Waals surface area contributed by atoms with Crippen LogP contribution in [0.5, 0.6) is 0 Å². The summed E-state index contributed by atoms with van der Waals surface area (Å²) in [6, 6.07) is 0.629. The van der Waals surface area contributed by atoms with Gasteiger partial charge in [0, 0.05) is 37.8 Å². The van der Waals surface area contributed by atoms with Gasteiger partial charge in [-0.05, 0) is 46.7 Å². The van der Waals surface area contributed by atoms with E-state index in [1.807, 2.05) is 0 Å². The topological polar surface area (TPSA) is 27.7 Å². The third-order valence-corrected chi connectivity index (χ3v) is 4.64.